The molecular formula is C12H13Cl2N3O. The molecule has 1 atom stereocenters. The molecule has 2 N–H and O–H groups in total. The van der Waals surface area contributed by atoms with Crippen LogP contribution in [-0.2, 0) is 4.79 Å². The molecule has 18 heavy (non-hydrogen) atoms. The van der Waals surface area contributed by atoms with Crippen molar-refractivity contribution in [2.24, 2.45) is 4.99 Å². The average Bonchev–Trinajstić information content (AvgIpc) is 2.62. The highest BCUT2D eigenvalue weighted by atomic mass is 35.5. The molecule has 6 heteroatoms. The maximum atomic E-state index is 11.8. The van der Waals surface area contributed by atoms with Gasteiger partial charge in [0.15, 0.2) is 12.0 Å². The topological polar surface area (TPSA) is 53.5 Å². The smallest absolute Gasteiger partial charge is 0.256 e. The molecule has 1 aromatic carbocycles. The van der Waals surface area contributed by atoms with Crippen molar-refractivity contribution in [3.05, 3.63) is 33.8 Å². The first-order valence-electron chi connectivity index (χ1n) is 5.57. The third-order valence-corrected chi connectivity index (χ3v) is 3.17. The van der Waals surface area contributed by atoms with E-state index in [9.17, 15) is 4.79 Å². The molecule has 1 aliphatic heterocycles. The summed E-state index contributed by atoms with van der Waals surface area (Å²) in [5, 5.41) is 6.63. The van der Waals surface area contributed by atoms with Gasteiger partial charge in [0.05, 0.1) is 10.0 Å². The number of carbonyl (C=O) groups excluding carboxylic acids is 1. The molecule has 1 aliphatic rings. The quantitative estimate of drug-likeness (QED) is 0.877. The van der Waals surface area contributed by atoms with Gasteiger partial charge in [-0.1, -0.05) is 29.3 Å². The molecule has 1 heterocycles. The average molecular weight is 286 g/mol. The first-order chi connectivity index (χ1) is 8.47. The zero-order valence-corrected chi connectivity index (χ0v) is 11.5. The molecule has 2 rings (SSSR count). The fourth-order valence-electron chi connectivity index (χ4n) is 1.66. The molecule has 0 bridgehead atoms. The van der Waals surface area contributed by atoms with E-state index in [1.165, 1.54) is 0 Å². The number of halogens is 2. The largest absolute Gasteiger partial charge is 0.354 e. The minimum absolute atomic E-state index is 0.170. The predicted molar refractivity (Wildman–Crippen MR) is 73.1 cm³/mol. The summed E-state index contributed by atoms with van der Waals surface area (Å²) >= 11 is 11.8. The third-order valence-electron chi connectivity index (χ3n) is 2.43. The van der Waals surface area contributed by atoms with Crippen LogP contribution in [-0.4, -0.2) is 17.9 Å². The van der Waals surface area contributed by atoms with Gasteiger partial charge in [-0.25, -0.2) is 4.99 Å². The van der Waals surface area contributed by atoms with Gasteiger partial charge < -0.3 is 5.32 Å². The lowest BCUT2D eigenvalue weighted by Crippen LogP contribution is -2.40. The summed E-state index contributed by atoms with van der Waals surface area (Å²) in [4.78, 5) is 16.1. The summed E-state index contributed by atoms with van der Waals surface area (Å²) in [5.41, 5.74) is 0.724. The zero-order chi connectivity index (χ0) is 13.3. The number of rotatable bonds is 2. The summed E-state index contributed by atoms with van der Waals surface area (Å²) in [6, 6.07) is 4.71. The van der Waals surface area contributed by atoms with Gasteiger partial charge in [-0.3, -0.25) is 10.1 Å². The lowest BCUT2D eigenvalue weighted by molar-refractivity contribution is -0.120. The lowest BCUT2D eigenvalue weighted by atomic mass is 10.1. The van der Waals surface area contributed by atoms with Gasteiger partial charge in [0.2, 0.25) is 0 Å². The van der Waals surface area contributed by atoms with E-state index < -0.39 is 6.04 Å². The summed E-state index contributed by atoms with van der Waals surface area (Å²) in [6.07, 6.45) is 0. The van der Waals surface area contributed by atoms with Gasteiger partial charge in [0, 0.05) is 6.04 Å². The van der Waals surface area contributed by atoms with Crippen LogP contribution in [0.25, 0.3) is 0 Å². The highest BCUT2D eigenvalue weighted by Crippen LogP contribution is 2.28. The SMILES string of the molecule is CC(C)NC1=NC(c2ccc(Cl)c(Cl)c2)C(=O)N1. The molecule has 0 aromatic heterocycles. The number of amides is 1. The van der Waals surface area contributed by atoms with Crippen LogP contribution in [0.2, 0.25) is 10.0 Å². The van der Waals surface area contributed by atoms with Crippen molar-refractivity contribution in [1.29, 1.82) is 0 Å². The van der Waals surface area contributed by atoms with Crippen LogP contribution in [0.5, 0.6) is 0 Å². The predicted octanol–water partition coefficient (Wildman–Crippen LogP) is 2.52. The summed E-state index contributed by atoms with van der Waals surface area (Å²) < 4.78 is 0. The number of hydrogen-bond donors (Lipinski definition) is 2. The van der Waals surface area contributed by atoms with E-state index in [1.54, 1.807) is 18.2 Å². The van der Waals surface area contributed by atoms with Crippen LogP contribution in [0.15, 0.2) is 23.2 Å². The van der Waals surface area contributed by atoms with Crippen molar-refractivity contribution >= 4 is 35.1 Å². The Bertz CT molecular complexity index is 514. The van der Waals surface area contributed by atoms with Gasteiger partial charge in [-0.15, -0.1) is 0 Å². The molecule has 0 aliphatic carbocycles. The van der Waals surface area contributed by atoms with E-state index in [-0.39, 0.29) is 11.9 Å². The number of hydrogen-bond acceptors (Lipinski definition) is 3. The monoisotopic (exact) mass is 285 g/mol. The first-order valence-corrected chi connectivity index (χ1v) is 6.33. The van der Waals surface area contributed by atoms with Crippen molar-refractivity contribution < 1.29 is 4.79 Å². The minimum Gasteiger partial charge on any atom is -0.354 e. The highest BCUT2D eigenvalue weighted by molar-refractivity contribution is 6.42. The maximum absolute atomic E-state index is 11.8. The van der Waals surface area contributed by atoms with Gasteiger partial charge in [0.25, 0.3) is 5.91 Å². The van der Waals surface area contributed by atoms with E-state index in [4.69, 9.17) is 23.2 Å². The summed E-state index contributed by atoms with van der Waals surface area (Å²) in [7, 11) is 0. The molecule has 0 radical (unpaired) electrons. The van der Waals surface area contributed by atoms with E-state index in [2.05, 4.69) is 15.6 Å². The fraction of sp³-hybridized carbons (Fsp3) is 0.333. The normalized spacial score (nSPS) is 18.8. The Morgan fingerprint density at radius 2 is 2.06 bits per heavy atom. The number of nitrogens with one attached hydrogen (secondary N) is 2. The Morgan fingerprint density at radius 3 is 2.67 bits per heavy atom. The number of nitrogens with zero attached hydrogens (tertiary/aromatic N) is 1. The molecule has 1 amide bonds. The Labute approximate surface area is 115 Å². The van der Waals surface area contributed by atoms with Gasteiger partial charge in [-0.05, 0) is 31.5 Å². The molecule has 0 saturated carbocycles. The van der Waals surface area contributed by atoms with Crippen LogP contribution < -0.4 is 10.6 Å². The third kappa shape index (κ3) is 2.76. The van der Waals surface area contributed by atoms with Crippen molar-refractivity contribution in [2.75, 3.05) is 0 Å². The number of benzene rings is 1. The Kier molecular flexibility index (Phi) is 3.78. The fourth-order valence-corrected chi connectivity index (χ4v) is 1.97. The van der Waals surface area contributed by atoms with E-state index >= 15 is 0 Å². The minimum atomic E-state index is -0.569. The second-order valence-electron chi connectivity index (χ2n) is 4.34. The van der Waals surface area contributed by atoms with E-state index in [0.717, 1.165) is 5.56 Å². The molecule has 0 fully saturated rings. The zero-order valence-electron chi connectivity index (χ0n) is 10.00. The van der Waals surface area contributed by atoms with Gasteiger partial charge in [-0.2, -0.15) is 0 Å². The van der Waals surface area contributed by atoms with Crippen molar-refractivity contribution in [3.8, 4) is 0 Å². The second kappa shape index (κ2) is 5.16. The Balaban J connectivity index is 2.24. The maximum Gasteiger partial charge on any atom is 0.256 e. The van der Waals surface area contributed by atoms with Crippen molar-refractivity contribution in [1.82, 2.24) is 10.6 Å². The first kappa shape index (κ1) is 13.2. The molecule has 4 nitrogen and oxygen atoms in total. The Hall–Kier alpha value is -1.26. The number of carbonyl (C=O) groups is 1. The molecule has 0 spiro atoms. The molecule has 0 saturated heterocycles. The van der Waals surface area contributed by atoms with Crippen LogP contribution in [0.4, 0.5) is 0 Å². The van der Waals surface area contributed by atoms with Crippen LogP contribution in [0.3, 0.4) is 0 Å². The summed E-state index contributed by atoms with van der Waals surface area (Å²) in [6.45, 7) is 3.95. The number of aliphatic imine (C=N–C) groups is 1. The second-order valence-corrected chi connectivity index (χ2v) is 5.16. The van der Waals surface area contributed by atoms with Crippen LogP contribution in [0.1, 0.15) is 25.5 Å². The standard InChI is InChI=1S/C12H13Cl2N3O/c1-6(2)15-12-16-10(11(18)17-12)7-3-4-8(13)9(14)5-7/h3-6,10H,1-2H3,(H2,15,16,17,18). The van der Waals surface area contributed by atoms with E-state index in [0.29, 0.717) is 16.0 Å². The molecular weight excluding hydrogens is 273 g/mol. The van der Waals surface area contributed by atoms with Crippen LogP contribution >= 0.6 is 23.2 Å². The summed E-state index contributed by atoms with van der Waals surface area (Å²) in [5.74, 6) is 0.322. The molecule has 96 valence electrons. The van der Waals surface area contributed by atoms with Gasteiger partial charge >= 0.3 is 0 Å². The van der Waals surface area contributed by atoms with Gasteiger partial charge in [0.1, 0.15) is 0 Å². The highest BCUT2D eigenvalue weighted by Gasteiger charge is 2.28. The molecule has 1 unspecified atom stereocenters. The van der Waals surface area contributed by atoms with Crippen molar-refractivity contribution in [2.45, 2.75) is 25.9 Å². The lowest BCUT2D eigenvalue weighted by Gasteiger charge is -2.07. The number of guanidine groups is 1. The molecule has 1 aromatic rings. The van der Waals surface area contributed by atoms with Crippen LogP contribution in [0, 0.1) is 0 Å². The van der Waals surface area contributed by atoms with E-state index in [1.807, 2.05) is 13.8 Å². The Morgan fingerprint density at radius 1 is 1.33 bits per heavy atom. The van der Waals surface area contributed by atoms with Crippen molar-refractivity contribution in [3.63, 3.8) is 0 Å².